The molecular weight excluding hydrogens is 353 g/mol. The third kappa shape index (κ3) is 4.17. The Bertz CT molecular complexity index is 674. The maximum atomic E-state index is 12.6. The lowest BCUT2D eigenvalue weighted by atomic mass is 10.2. The molecule has 110 valence electrons. The van der Waals surface area contributed by atoms with Gasteiger partial charge in [-0.05, 0) is 18.2 Å². The van der Waals surface area contributed by atoms with Crippen molar-refractivity contribution in [3.8, 4) is 0 Å². The number of rotatable bonds is 5. The van der Waals surface area contributed by atoms with Crippen LogP contribution in [0.3, 0.4) is 0 Å². The molecule has 2 heterocycles. The van der Waals surface area contributed by atoms with Crippen molar-refractivity contribution in [2.24, 2.45) is 0 Å². The van der Waals surface area contributed by atoms with Crippen LogP contribution in [0, 0.1) is 0 Å². The van der Waals surface area contributed by atoms with E-state index in [9.17, 15) is 4.79 Å². The fraction of sp³-hybridized carbons (Fsp3) is 0.154. The number of hydrogen-bond donors (Lipinski definition) is 0. The minimum atomic E-state index is -0.291. The van der Waals surface area contributed by atoms with E-state index in [0.717, 1.165) is 4.88 Å². The lowest BCUT2D eigenvalue weighted by Gasteiger charge is -2.20. The summed E-state index contributed by atoms with van der Waals surface area (Å²) in [6, 6.07) is 5.06. The number of hydrogen-bond acceptors (Lipinski definition) is 4. The second kappa shape index (κ2) is 7.22. The molecule has 8 heteroatoms. The lowest BCUT2D eigenvalue weighted by Crippen LogP contribution is -2.30. The molecule has 21 heavy (non-hydrogen) atoms. The van der Waals surface area contributed by atoms with Gasteiger partial charge in [0, 0.05) is 11.4 Å². The molecule has 2 rings (SSSR count). The number of amides is 1. The van der Waals surface area contributed by atoms with E-state index >= 15 is 0 Å². The predicted octanol–water partition coefficient (Wildman–Crippen LogP) is 4.33. The first-order valence-electron chi connectivity index (χ1n) is 5.84. The van der Waals surface area contributed by atoms with Gasteiger partial charge >= 0.3 is 0 Å². The molecule has 2 aromatic heterocycles. The lowest BCUT2D eigenvalue weighted by molar-refractivity contribution is 0.0764. The second-order valence-corrected chi connectivity index (χ2v) is 6.60. The van der Waals surface area contributed by atoms with Crippen LogP contribution in [0.2, 0.25) is 14.6 Å². The quantitative estimate of drug-likeness (QED) is 0.744. The van der Waals surface area contributed by atoms with Crippen LogP contribution in [-0.4, -0.2) is 27.5 Å². The highest BCUT2D eigenvalue weighted by Crippen LogP contribution is 2.24. The Hall–Kier alpha value is -1.14. The van der Waals surface area contributed by atoms with E-state index in [4.69, 9.17) is 34.8 Å². The highest BCUT2D eigenvalue weighted by Gasteiger charge is 2.20. The molecule has 0 aliphatic heterocycles. The number of aromatic nitrogens is 2. The van der Waals surface area contributed by atoms with Gasteiger partial charge in [0.1, 0.15) is 0 Å². The van der Waals surface area contributed by atoms with Crippen LogP contribution < -0.4 is 0 Å². The Morgan fingerprint density at radius 1 is 1.33 bits per heavy atom. The molecule has 1 amide bonds. The monoisotopic (exact) mass is 361 g/mol. The van der Waals surface area contributed by atoms with Crippen LogP contribution in [0.25, 0.3) is 0 Å². The van der Waals surface area contributed by atoms with Gasteiger partial charge in [0.2, 0.25) is 0 Å². The number of halogens is 3. The van der Waals surface area contributed by atoms with Crippen molar-refractivity contribution in [3.63, 3.8) is 0 Å². The molecule has 2 aromatic rings. The highest BCUT2D eigenvalue weighted by molar-refractivity contribution is 7.16. The molecule has 0 saturated carbocycles. The summed E-state index contributed by atoms with van der Waals surface area (Å²) in [5.74, 6) is -0.291. The van der Waals surface area contributed by atoms with Gasteiger partial charge in [-0.3, -0.25) is 4.79 Å². The van der Waals surface area contributed by atoms with Gasteiger partial charge in [0.25, 0.3) is 5.91 Å². The maximum Gasteiger partial charge on any atom is 0.257 e. The second-order valence-electron chi connectivity index (χ2n) is 4.05. The van der Waals surface area contributed by atoms with Crippen LogP contribution in [0.1, 0.15) is 15.2 Å². The molecule has 0 N–H and O–H groups in total. The number of thiophene rings is 1. The van der Waals surface area contributed by atoms with E-state index in [2.05, 4.69) is 16.8 Å². The zero-order valence-electron chi connectivity index (χ0n) is 10.7. The minimum absolute atomic E-state index is 0.0164. The molecule has 0 aliphatic rings. The van der Waals surface area contributed by atoms with Crippen LogP contribution in [-0.2, 0) is 6.54 Å². The summed E-state index contributed by atoms with van der Waals surface area (Å²) in [5.41, 5.74) is 0.209. The zero-order valence-corrected chi connectivity index (χ0v) is 13.8. The summed E-state index contributed by atoms with van der Waals surface area (Å²) in [5, 5.41) is 7.36. The Kier molecular flexibility index (Phi) is 5.58. The highest BCUT2D eigenvalue weighted by atomic mass is 35.5. The van der Waals surface area contributed by atoms with Crippen molar-refractivity contribution in [2.75, 3.05) is 6.54 Å². The average Bonchev–Trinajstić information content (AvgIpc) is 2.86. The Balaban J connectivity index is 2.26. The van der Waals surface area contributed by atoms with Crippen molar-refractivity contribution in [1.82, 2.24) is 15.1 Å². The summed E-state index contributed by atoms with van der Waals surface area (Å²) in [4.78, 5) is 15.1. The summed E-state index contributed by atoms with van der Waals surface area (Å²) in [6.45, 7) is 4.43. The molecule has 0 aliphatic carbocycles. The number of carbonyl (C=O) groups excluding carboxylic acids is 1. The normalized spacial score (nSPS) is 10.4. The largest absolute Gasteiger partial charge is 0.330 e. The summed E-state index contributed by atoms with van der Waals surface area (Å²) < 4.78 is 0.669. The van der Waals surface area contributed by atoms with Gasteiger partial charge in [-0.25, -0.2) is 0 Å². The number of carbonyl (C=O) groups is 1. The van der Waals surface area contributed by atoms with Crippen LogP contribution in [0.4, 0.5) is 0 Å². The van der Waals surface area contributed by atoms with E-state index in [-0.39, 0.29) is 21.8 Å². The fourth-order valence-electron chi connectivity index (χ4n) is 1.67. The van der Waals surface area contributed by atoms with Gasteiger partial charge in [0.15, 0.2) is 10.3 Å². The smallest absolute Gasteiger partial charge is 0.257 e. The standard InChI is InChI=1S/C13H10Cl3N3OS/c1-2-5-19(7-8-3-4-11(15)21-8)13(20)9-6-10(14)17-18-12(9)16/h2-4,6H,1,5,7H2. The van der Waals surface area contributed by atoms with Crippen molar-refractivity contribution in [2.45, 2.75) is 6.54 Å². The molecule has 0 atom stereocenters. The maximum absolute atomic E-state index is 12.6. The van der Waals surface area contributed by atoms with E-state index in [1.54, 1.807) is 17.0 Å². The first kappa shape index (κ1) is 16.2. The van der Waals surface area contributed by atoms with E-state index < -0.39 is 0 Å². The topological polar surface area (TPSA) is 46.1 Å². The van der Waals surface area contributed by atoms with Crippen LogP contribution in [0.15, 0.2) is 30.9 Å². The van der Waals surface area contributed by atoms with Gasteiger partial charge in [-0.1, -0.05) is 40.9 Å². The molecule has 0 saturated heterocycles. The predicted molar refractivity (Wildman–Crippen MR) is 86.3 cm³/mol. The molecule has 0 radical (unpaired) electrons. The van der Waals surface area contributed by atoms with Crippen LogP contribution in [0.5, 0.6) is 0 Å². The molecule has 0 fully saturated rings. The van der Waals surface area contributed by atoms with Gasteiger partial charge in [-0.15, -0.1) is 28.1 Å². The molecular formula is C13H10Cl3N3OS. The minimum Gasteiger partial charge on any atom is -0.330 e. The van der Waals surface area contributed by atoms with E-state index in [0.29, 0.717) is 17.4 Å². The van der Waals surface area contributed by atoms with E-state index in [1.165, 1.54) is 17.4 Å². The first-order chi connectivity index (χ1) is 10.0. The molecule has 0 unspecified atom stereocenters. The van der Waals surface area contributed by atoms with Gasteiger partial charge in [-0.2, -0.15) is 0 Å². The third-order valence-corrected chi connectivity index (χ3v) is 4.24. The fourth-order valence-corrected chi connectivity index (χ4v) is 3.10. The number of nitrogens with zero attached hydrogens (tertiary/aromatic N) is 3. The van der Waals surface area contributed by atoms with Crippen molar-refractivity contribution in [1.29, 1.82) is 0 Å². The van der Waals surface area contributed by atoms with Gasteiger partial charge in [0.05, 0.1) is 16.4 Å². The third-order valence-electron chi connectivity index (χ3n) is 2.56. The Morgan fingerprint density at radius 3 is 2.71 bits per heavy atom. The summed E-state index contributed by atoms with van der Waals surface area (Å²) in [6.07, 6.45) is 1.64. The van der Waals surface area contributed by atoms with E-state index in [1.807, 2.05) is 6.07 Å². The Morgan fingerprint density at radius 2 is 2.10 bits per heavy atom. The zero-order chi connectivity index (χ0) is 15.4. The molecule has 0 aromatic carbocycles. The van der Waals surface area contributed by atoms with Crippen LogP contribution >= 0.6 is 46.1 Å². The van der Waals surface area contributed by atoms with Crippen molar-refractivity contribution < 1.29 is 4.79 Å². The molecule has 0 spiro atoms. The SMILES string of the molecule is C=CCN(Cc1ccc(Cl)s1)C(=O)c1cc(Cl)nnc1Cl. The average molecular weight is 363 g/mol. The molecule has 0 bridgehead atoms. The Labute approximate surface area is 141 Å². The van der Waals surface area contributed by atoms with Gasteiger partial charge < -0.3 is 4.90 Å². The van der Waals surface area contributed by atoms with Crippen molar-refractivity contribution >= 4 is 52.0 Å². The summed E-state index contributed by atoms with van der Waals surface area (Å²) in [7, 11) is 0. The first-order valence-corrected chi connectivity index (χ1v) is 7.79. The summed E-state index contributed by atoms with van der Waals surface area (Å²) >= 11 is 19.0. The van der Waals surface area contributed by atoms with Crippen molar-refractivity contribution in [3.05, 3.63) is 55.9 Å². The molecule has 4 nitrogen and oxygen atoms in total.